The smallest absolute Gasteiger partial charge is 0.255 e. The van der Waals surface area contributed by atoms with E-state index in [9.17, 15) is 4.79 Å². The molecule has 0 radical (unpaired) electrons. The van der Waals surface area contributed by atoms with Crippen molar-refractivity contribution in [1.82, 2.24) is 4.98 Å². The highest BCUT2D eigenvalue weighted by molar-refractivity contribution is 6.30. The summed E-state index contributed by atoms with van der Waals surface area (Å²) in [6.07, 6.45) is 5.96. The summed E-state index contributed by atoms with van der Waals surface area (Å²) in [6.45, 7) is 2.98. The summed E-state index contributed by atoms with van der Waals surface area (Å²) in [5.41, 5.74) is 3.55. The first-order chi connectivity index (χ1) is 14.7. The van der Waals surface area contributed by atoms with Crippen LogP contribution in [0.5, 0.6) is 0 Å². The number of anilines is 3. The first-order valence-corrected chi connectivity index (χ1v) is 10.6. The molecule has 2 heterocycles. The standard InChI is InChI=1S/C24H25ClN4O/c25-20-7-5-19(6-8-20)24(30)28-23-4-2-1-3-22(23)27-17-18-11-15-29(16-12-18)21-9-13-26-14-10-21/h1-10,13-14,18,27H,11-12,15-17H2,(H,28,30). The number of para-hydroxylation sites is 2. The Morgan fingerprint density at radius 1 is 0.967 bits per heavy atom. The minimum absolute atomic E-state index is 0.147. The molecule has 0 unspecified atom stereocenters. The molecule has 0 saturated carbocycles. The van der Waals surface area contributed by atoms with E-state index in [1.807, 2.05) is 36.7 Å². The van der Waals surface area contributed by atoms with Gasteiger partial charge in [0.1, 0.15) is 0 Å². The van der Waals surface area contributed by atoms with Crippen LogP contribution >= 0.6 is 11.6 Å². The highest BCUT2D eigenvalue weighted by atomic mass is 35.5. The minimum atomic E-state index is -0.147. The Hall–Kier alpha value is -3.05. The fraction of sp³-hybridized carbons (Fsp3) is 0.250. The lowest BCUT2D eigenvalue weighted by Crippen LogP contribution is -2.35. The molecule has 1 aliphatic heterocycles. The van der Waals surface area contributed by atoms with Gasteiger partial charge >= 0.3 is 0 Å². The lowest BCUT2D eigenvalue weighted by Gasteiger charge is -2.33. The number of carbonyl (C=O) groups excluding carboxylic acids is 1. The van der Waals surface area contributed by atoms with E-state index in [4.69, 9.17) is 11.6 Å². The van der Waals surface area contributed by atoms with Gasteiger partial charge in [-0.3, -0.25) is 9.78 Å². The third-order valence-electron chi connectivity index (χ3n) is 5.51. The van der Waals surface area contributed by atoms with E-state index in [0.717, 1.165) is 43.9 Å². The number of hydrogen-bond donors (Lipinski definition) is 2. The fourth-order valence-electron chi connectivity index (χ4n) is 3.75. The van der Waals surface area contributed by atoms with Crippen molar-refractivity contribution >= 4 is 34.6 Å². The largest absolute Gasteiger partial charge is 0.383 e. The van der Waals surface area contributed by atoms with Crippen molar-refractivity contribution in [2.24, 2.45) is 5.92 Å². The van der Waals surface area contributed by atoms with Crippen LogP contribution < -0.4 is 15.5 Å². The van der Waals surface area contributed by atoms with Crippen LogP contribution in [0.15, 0.2) is 73.1 Å². The zero-order valence-electron chi connectivity index (χ0n) is 16.7. The Bertz CT molecular complexity index is 970. The maximum Gasteiger partial charge on any atom is 0.255 e. The van der Waals surface area contributed by atoms with Gasteiger partial charge in [-0.15, -0.1) is 0 Å². The first-order valence-electron chi connectivity index (χ1n) is 10.2. The lowest BCUT2D eigenvalue weighted by molar-refractivity contribution is 0.102. The van der Waals surface area contributed by atoms with E-state index in [2.05, 4.69) is 32.7 Å². The molecule has 1 saturated heterocycles. The number of nitrogens with one attached hydrogen (secondary N) is 2. The zero-order valence-corrected chi connectivity index (χ0v) is 17.5. The summed E-state index contributed by atoms with van der Waals surface area (Å²) in [6, 6.07) is 18.9. The molecule has 0 spiro atoms. The lowest BCUT2D eigenvalue weighted by atomic mass is 9.96. The van der Waals surface area contributed by atoms with Gasteiger partial charge in [0, 0.05) is 48.3 Å². The molecular formula is C24H25ClN4O. The van der Waals surface area contributed by atoms with Crippen LogP contribution in [0.4, 0.5) is 17.1 Å². The number of aromatic nitrogens is 1. The molecule has 0 bridgehead atoms. The maximum absolute atomic E-state index is 12.6. The molecule has 1 aliphatic rings. The first kappa shape index (κ1) is 20.2. The number of carbonyl (C=O) groups is 1. The highest BCUT2D eigenvalue weighted by Gasteiger charge is 2.19. The van der Waals surface area contributed by atoms with E-state index in [0.29, 0.717) is 16.5 Å². The van der Waals surface area contributed by atoms with Crippen LogP contribution in [0.2, 0.25) is 5.02 Å². The van der Waals surface area contributed by atoms with Crippen molar-refractivity contribution in [2.75, 3.05) is 35.2 Å². The molecule has 6 heteroatoms. The Morgan fingerprint density at radius 3 is 2.33 bits per heavy atom. The number of pyridine rings is 1. The molecule has 5 nitrogen and oxygen atoms in total. The number of hydrogen-bond acceptors (Lipinski definition) is 4. The van der Waals surface area contributed by atoms with Crippen LogP contribution in [0.3, 0.4) is 0 Å². The second-order valence-corrected chi connectivity index (χ2v) is 7.96. The van der Waals surface area contributed by atoms with Crippen LogP contribution in [0, 0.1) is 5.92 Å². The Labute approximate surface area is 182 Å². The molecule has 1 fully saturated rings. The van der Waals surface area contributed by atoms with Gasteiger partial charge in [-0.25, -0.2) is 0 Å². The monoisotopic (exact) mass is 420 g/mol. The predicted molar refractivity (Wildman–Crippen MR) is 124 cm³/mol. The van der Waals surface area contributed by atoms with Crippen molar-refractivity contribution in [1.29, 1.82) is 0 Å². The molecule has 2 N–H and O–H groups in total. The van der Waals surface area contributed by atoms with Gasteiger partial charge in [-0.1, -0.05) is 23.7 Å². The summed E-state index contributed by atoms with van der Waals surface area (Å²) in [7, 11) is 0. The van der Waals surface area contributed by atoms with Crippen LogP contribution in [-0.4, -0.2) is 30.5 Å². The quantitative estimate of drug-likeness (QED) is 0.567. The molecule has 1 aromatic heterocycles. The number of nitrogens with zero attached hydrogens (tertiary/aromatic N) is 2. The van der Waals surface area contributed by atoms with E-state index < -0.39 is 0 Å². The van der Waals surface area contributed by atoms with Gasteiger partial charge in [-0.2, -0.15) is 0 Å². The molecule has 4 rings (SSSR count). The molecule has 2 aromatic carbocycles. The van der Waals surface area contributed by atoms with Crippen LogP contribution in [0.25, 0.3) is 0 Å². The fourth-order valence-corrected chi connectivity index (χ4v) is 3.87. The second kappa shape index (κ2) is 9.63. The van der Waals surface area contributed by atoms with E-state index in [1.54, 1.807) is 24.3 Å². The van der Waals surface area contributed by atoms with Gasteiger partial charge in [0.2, 0.25) is 0 Å². The Balaban J connectivity index is 1.32. The molecule has 154 valence electrons. The van der Waals surface area contributed by atoms with E-state index in [1.165, 1.54) is 5.69 Å². The average molecular weight is 421 g/mol. The summed E-state index contributed by atoms with van der Waals surface area (Å²) in [4.78, 5) is 19.1. The van der Waals surface area contributed by atoms with Gasteiger partial charge in [-0.05, 0) is 67.3 Å². The molecular weight excluding hydrogens is 396 g/mol. The highest BCUT2D eigenvalue weighted by Crippen LogP contribution is 2.26. The zero-order chi connectivity index (χ0) is 20.8. The SMILES string of the molecule is O=C(Nc1ccccc1NCC1CCN(c2ccncc2)CC1)c1ccc(Cl)cc1. The van der Waals surface area contributed by atoms with Crippen molar-refractivity contribution in [3.63, 3.8) is 0 Å². The van der Waals surface area contributed by atoms with E-state index >= 15 is 0 Å². The van der Waals surface area contributed by atoms with E-state index in [-0.39, 0.29) is 5.91 Å². The predicted octanol–water partition coefficient (Wildman–Crippen LogP) is 5.32. The average Bonchev–Trinajstić information content (AvgIpc) is 2.80. The van der Waals surface area contributed by atoms with Crippen LogP contribution in [0.1, 0.15) is 23.2 Å². The number of piperidine rings is 1. The molecule has 0 aliphatic carbocycles. The third-order valence-corrected chi connectivity index (χ3v) is 5.76. The van der Waals surface area contributed by atoms with Crippen molar-refractivity contribution in [3.05, 3.63) is 83.6 Å². The summed E-state index contributed by atoms with van der Waals surface area (Å²) >= 11 is 5.91. The summed E-state index contributed by atoms with van der Waals surface area (Å²) in [5, 5.41) is 7.16. The maximum atomic E-state index is 12.6. The van der Waals surface area contributed by atoms with Crippen LogP contribution in [-0.2, 0) is 0 Å². The minimum Gasteiger partial charge on any atom is -0.383 e. The topological polar surface area (TPSA) is 57.3 Å². The third kappa shape index (κ3) is 5.10. The Kier molecular flexibility index (Phi) is 6.50. The molecule has 0 atom stereocenters. The Morgan fingerprint density at radius 2 is 1.63 bits per heavy atom. The van der Waals surface area contributed by atoms with Gasteiger partial charge < -0.3 is 15.5 Å². The molecule has 30 heavy (non-hydrogen) atoms. The van der Waals surface area contributed by atoms with Crippen molar-refractivity contribution < 1.29 is 4.79 Å². The summed E-state index contributed by atoms with van der Waals surface area (Å²) in [5.74, 6) is 0.453. The number of halogens is 1. The van der Waals surface area contributed by atoms with Gasteiger partial charge in [0.05, 0.1) is 11.4 Å². The second-order valence-electron chi connectivity index (χ2n) is 7.52. The van der Waals surface area contributed by atoms with Gasteiger partial charge in [0.25, 0.3) is 5.91 Å². The summed E-state index contributed by atoms with van der Waals surface area (Å²) < 4.78 is 0. The molecule has 1 amide bonds. The number of amides is 1. The number of benzene rings is 2. The van der Waals surface area contributed by atoms with Gasteiger partial charge in [0.15, 0.2) is 0 Å². The molecule has 3 aromatic rings. The van der Waals surface area contributed by atoms with Crippen molar-refractivity contribution in [2.45, 2.75) is 12.8 Å². The number of rotatable bonds is 6. The normalized spacial score (nSPS) is 14.4. The van der Waals surface area contributed by atoms with Crippen molar-refractivity contribution in [3.8, 4) is 0 Å².